The lowest BCUT2D eigenvalue weighted by atomic mass is 9.79. The first-order valence-corrected chi connectivity index (χ1v) is 7.06. The highest BCUT2D eigenvalue weighted by atomic mass is 19.3. The van der Waals surface area contributed by atoms with E-state index in [-0.39, 0.29) is 17.2 Å². The van der Waals surface area contributed by atoms with Gasteiger partial charge in [-0.1, -0.05) is 0 Å². The zero-order chi connectivity index (χ0) is 14.4. The van der Waals surface area contributed by atoms with Crippen molar-refractivity contribution >= 4 is 11.8 Å². The average Bonchev–Trinajstić information content (AvgIpc) is 2.92. The summed E-state index contributed by atoms with van der Waals surface area (Å²) < 4.78 is 26.4. The number of alkyl halides is 2. The number of amides is 2. The van der Waals surface area contributed by atoms with Crippen LogP contribution in [0.15, 0.2) is 0 Å². The van der Waals surface area contributed by atoms with E-state index in [1.165, 1.54) is 0 Å². The van der Waals surface area contributed by atoms with Crippen molar-refractivity contribution in [3.63, 3.8) is 0 Å². The molecule has 0 aliphatic carbocycles. The molecular formula is C13H19F2N3O2. The normalized spacial score (nSPS) is 36.4. The first-order chi connectivity index (χ1) is 9.39. The minimum atomic E-state index is -2.79. The Hall–Kier alpha value is -1.24. The van der Waals surface area contributed by atoms with Crippen LogP contribution in [0.2, 0.25) is 0 Å². The van der Waals surface area contributed by atoms with Crippen LogP contribution in [-0.2, 0) is 9.59 Å². The number of nitrogens with one attached hydrogen (secondary N) is 2. The van der Waals surface area contributed by atoms with E-state index in [0.717, 1.165) is 12.8 Å². The van der Waals surface area contributed by atoms with Gasteiger partial charge in [0, 0.05) is 37.9 Å². The lowest BCUT2D eigenvalue weighted by Gasteiger charge is -2.40. The van der Waals surface area contributed by atoms with Crippen LogP contribution in [0.4, 0.5) is 8.78 Å². The Morgan fingerprint density at radius 2 is 2.15 bits per heavy atom. The van der Waals surface area contributed by atoms with Crippen molar-refractivity contribution in [3.8, 4) is 0 Å². The predicted octanol–water partition coefficient (Wildman–Crippen LogP) is 0.112. The zero-order valence-corrected chi connectivity index (χ0v) is 11.3. The van der Waals surface area contributed by atoms with Crippen LogP contribution in [0, 0.1) is 5.41 Å². The topological polar surface area (TPSA) is 61.4 Å². The number of nitrogens with zero attached hydrogens (tertiary/aromatic N) is 1. The SMILES string of the molecule is O=C1CC2(CCCN(C(=O)C3CC(F)(F)CN3)C2)CN1. The summed E-state index contributed by atoms with van der Waals surface area (Å²) in [6.07, 6.45) is 1.74. The Morgan fingerprint density at radius 1 is 1.35 bits per heavy atom. The van der Waals surface area contributed by atoms with Crippen LogP contribution >= 0.6 is 0 Å². The second kappa shape index (κ2) is 4.65. The van der Waals surface area contributed by atoms with Crippen molar-refractivity contribution in [2.24, 2.45) is 5.41 Å². The van der Waals surface area contributed by atoms with Gasteiger partial charge >= 0.3 is 0 Å². The maximum atomic E-state index is 13.2. The molecule has 20 heavy (non-hydrogen) atoms. The number of piperidine rings is 1. The summed E-state index contributed by atoms with van der Waals surface area (Å²) >= 11 is 0. The molecule has 0 bridgehead atoms. The summed E-state index contributed by atoms with van der Waals surface area (Å²) in [5.41, 5.74) is -0.188. The average molecular weight is 287 g/mol. The first kappa shape index (κ1) is 13.7. The molecule has 2 N–H and O–H groups in total. The van der Waals surface area contributed by atoms with Gasteiger partial charge in [0.05, 0.1) is 12.6 Å². The summed E-state index contributed by atoms with van der Waals surface area (Å²) in [5, 5.41) is 5.42. The molecule has 3 fully saturated rings. The minimum Gasteiger partial charge on any atom is -0.355 e. The van der Waals surface area contributed by atoms with Gasteiger partial charge in [0.1, 0.15) is 0 Å². The van der Waals surface area contributed by atoms with Gasteiger partial charge in [0.25, 0.3) is 5.92 Å². The van der Waals surface area contributed by atoms with Gasteiger partial charge in [-0.25, -0.2) is 8.78 Å². The molecule has 3 heterocycles. The standard InChI is InChI=1S/C13H19F2N3O2/c14-13(15)4-9(16-7-13)11(20)18-3-1-2-12(8-18)5-10(19)17-6-12/h9,16H,1-8H2,(H,17,19). The quantitative estimate of drug-likeness (QED) is 0.720. The van der Waals surface area contributed by atoms with Crippen molar-refractivity contribution < 1.29 is 18.4 Å². The van der Waals surface area contributed by atoms with E-state index in [2.05, 4.69) is 10.6 Å². The van der Waals surface area contributed by atoms with Crippen molar-refractivity contribution in [3.05, 3.63) is 0 Å². The maximum Gasteiger partial charge on any atom is 0.262 e. The fourth-order valence-electron chi connectivity index (χ4n) is 3.55. The summed E-state index contributed by atoms with van der Waals surface area (Å²) in [5.74, 6) is -3.02. The molecule has 2 atom stereocenters. The molecule has 0 saturated carbocycles. The van der Waals surface area contributed by atoms with Crippen molar-refractivity contribution in [1.29, 1.82) is 0 Å². The predicted molar refractivity (Wildman–Crippen MR) is 67.2 cm³/mol. The van der Waals surface area contributed by atoms with Crippen molar-refractivity contribution in [2.75, 3.05) is 26.2 Å². The summed E-state index contributed by atoms with van der Waals surface area (Å²) in [6.45, 7) is 1.25. The Morgan fingerprint density at radius 3 is 2.75 bits per heavy atom. The van der Waals surface area contributed by atoms with E-state index in [1.54, 1.807) is 4.90 Å². The molecule has 7 heteroatoms. The third-order valence-corrected chi connectivity index (χ3v) is 4.58. The molecule has 112 valence electrons. The van der Waals surface area contributed by atoms with Crippen LogP contribution in [0.25, 0.3) is 0 Å². The number of halogens is 2. The summed E-state index contributed by atoms with van der Waals surface area (Å²) in [6, 6.07) is -0.787. The number of likely N-dealkylation sites (tertiary alicyclic amines) is 1. The molecule has 3 saturated heterocycles. The minimum absolute atomic E-state index is 0.0184. The monoisotopic (exact) mass is 287 g/mol. The Balaban J connectivity index is 1.65. The van der Waals surface area contributed by atoms with E-state index in [9.17, 15) is 18.4 Å². The summed E-state index contributed by atoms with van der Waals surface area (Å²) in [4.78, 5) is 25.4. The first-order valence-electron chi connectivity index (χ1n) is 7.06. The molecule has 1 spiro atoms. The van der Waals surface area contributed by atoms with Gasteiger partial charge in [-0.3, -0.25) is 14.9 Å². The maximum absolute atomic E-state index is 13.2. The second-order valence-corrected chi connectivity index (χ2v) is 6.31. The van der Waals surface area contributed by atoms with E-state index in [0.29, 0.717) is 26.1 Å². The van der Waals surface area contributed by atoms with E-state index >= 15 is 0 Å². The molecule has 0 aromatic rings. The van der Waals surface area contributed by atoms with Crippen molar-refractivity contribution in [2.45, 2.75) is 37.6 Å². The van der Waals surface area contributed by atoms with Gasteiger partial charge in [0.2, 0.25) is 11.8 Å². The molecule has 5 nitrogen and oxygen atoms in total. The molecule has 0 radical (unpaired) electrons. The number of carbonyl (C=O) groups is 2. The second-order valence-electron chi connectivity index (χ2n) is 6.31. The Bertz CT molecular complexity index is 443. The highest BCUT2D eigenvalue weighted by Crippen LogP contribution is 2.37. The number of hydrogen-bond donors (Lipinski definition) is 2. The highest BCUT2D eigenvalue weighted by molar-refractivity contribution is 5.83. The molecule has 2 amide bonds. The third kappa shape index (κ3) is 2.51. The smallest absolute Gasteiger partial charge is 0.262 e. The van der Waals surface area contributed by atoms with Gasteiger partial charge in [-0.05, 0) is 12.8 Å². The van der Waals surface area contributed by atoms with E-state index in [4.69, 9.17) is 0 Å². The largest absolute Gasteiger partial charge is 0.355 e. The van der Waals surface area contributed by atoms with Crippen LogP contribution in [0.5, 0.6) is 0 Å². The number of hydrogen-bond acceptors (Lipinski definition) is 3. The molecular weight excluding hydrogens is 268 g/mol. The van der Waals surface area contributed by atoms with Crippen LogP contribution in [-0.4, -0.2) is 54.9 Å². The number of carbonyl (C=O) groups excluding carboxylic acids is 2. The van der Waals surface area contributed by atoms with Crippen molar-refractivity contribution in [1.82, 2.24) is 15.5 Å². The van der Waals surface area contributed by atoms with Gasteiger partial charge in [-0.15, -0.1) is 0 Å². The lowest BCUT2D eigenvalue weighted by molar-refractivity contribution is -0.137. The zero-order valence-electron chi connectivity index (χ0n) is 11.3. The van der Waals surface area contributed by atoms with Gasteiger partial charge in [0.15, 0.2) is 0 Å². The Labute approximate surface area is 116 Å². The van der Waals surface area contributed by atoms with Gasteiger partial charge in [-0.2, -0.15) is 0 Å². The van der Waals surface area contributed by atoms with E-state index < -0.39 is 24.9 Å². The molecule has 2 unspecified atom stereocenters. The van der Waals surface area contributed by atoms with Gasteiger partial charge < -0.3 is 10.2 Å². The fourth-order valence-corrected chi connectivity index (χ4v) is 3.55. The molecule has 3 rings (SSSR count). The number of rotatable bonds is 1. The fraction of sp³-hybridized carbons (Fsp3) is 0.846. The molecule has 0 aromatic carbocycles. The van der Waals surface area contributed by atoms with Crippen LogP contribution in [0.1, 0.15) is 25.7 Å². The molecule has 3 aliphatic rings. The highest BCUT2D eigenvalue weighted by Gasteiger charge is 2.47. The van der Waals surface area contributed by atoms with Crippen LogP contribution in [0.3, 0.4) is 0 Å². The van der Waals surface area contributed by atoms with Crippen LogP contribution < -0.4 is 10.6 Å². The summed E-state index contributed by atoms with van der Waals surface area (Å²) in [7, 11) is 0. The lowest BCUT2D eigenvalue weighted by Crippen LogP contribution is -2.52. The van der Waals surface area contributed by atoms with E-state index in [1.807, 2.05) is 0 Å². The molecule has 3 aliphatic heterocycles. The third-order valence-electron chi connectivity index (χ3n) is 4.58. The molecule has 0 aromatic heterocycles. The Kier molecular flexibility index (Phi) is 3.19.